The first kappa shape index (κ1) is 17.1. The van der Waals surface area contributed by atoms with Crippen molar-refractivity contribution >= 4 is 30.3 Å². The molecule has 1 unspecified atom stereocenters. The van der Waals surface area contributed by atoms with Crippen LogP contribution in [-0.4, -0.2) is 25.1 Å². The van der Waals surface area contributed by atoms with Gasteiger partial charge >= 0.3 is 12.6 Å². The fourth-order valence-corrected chi connectivity index (χ4v) is 2.71. The van der Waals surface area contributed by atoms with Crippen LogP contribution in [0.5, 0.6) is 0 Å². The maximum absolute atomic E-state index is 11.3. The first-order chi connectivity index (χ1) is 8.18. The predicted octanol–water partition coefficient (Wildman–Crippen LogP) is 1.87. The Morgan fingerprint density at radius 2 is 1.89 bits per heavy atom. The maximum atomic E-state index is 11.3. The highest BCUT2D eigenvalue weighted by Crippen LogP contribution is 2.45. The van der Waals surface area contributed by atoms with E-state index in [1.165, 1.54) is 21.0 Å². The number of carbonyl (C=O) groups excluding carboxylic acids is 2. The first-order valence-electron chi connectivity index (χ1n) is 5.21. The van der Waals surface area contributed by atoms with Crippen molar-refractivity contribution in [1.29, 1.82) is 0 Å². The Hall–Kier alpha value is -0.910. The Morgan fingerprint density at radius 3 is 2.28 bits per heavy atom. The molecule has 0 spiro atoms. The molecule has 0 fully saturated rings. The number of hydrogen-bond acceptors (Lipinski definition) is 6. The normalized spacial score (nSPS) is 14.9. The van der Waals surface area contributed by atoms with Gasteiger partial charge in [0.25, 0.3) is 0 Å². The predicted molar refractivity (Wildman–Crippen MR) is 71.2 cm³/mol. The fourth-order valence-electron chi connectivity index (χ4n) is 0.947. The largest absolute Gasteiger partial charge is 0.460 e. The van der Waals surface area contributed by atoms with Gasteiger partial charge in [-0.05, 0) is 32.6 Å². The van der Waals surface area contributed by atoms with Crippen LogP contribution in [0.2, 0.25) is 0 Å². The molecule has 1 atom stereocenters. The molecule has 18 heavy (non-hydrogen) atoms. The van der Waals surface area contributed by atoms with Crippen LogP contribution in [0.15, 0.2) is 11.8 Å². The molecule has 0 radical (unpaired) electrons. The molecule has 8 heteroatoms. The number of carbonyl (C=O) groups is 2. The number of esters is 1. The summed E-state index contributed by atoms with van der Waals surface area (Å²) in [5.41, 5.74) is 0. The van der Waals surface area contributed by atoms with Crippen LogP contribution >= 0.6 is 6.64 Å². The van der Waals surface area contributed by atoms with Crippen molar-refractivity contribution in [2.75, 3.05) is 7.11 Å². The monoisotopic (exact) mass is 295 g/mol. The zero-order valence-corrected chi connectivity index (χ0v) is 12.8. The minimum absolute atomic E-state index is 0.220. The zero-order valence-electron chi connectivity index (χ0n) is 11.1. The van der Waals surface area contributed by atoms with Crippen molar-refractivity contribution in [3.63, 3.8) is 0 Å². The van der Waals surface area contributed by atoms with Crippen molar-refractivity contribution < 1.29 is 23.4 Å². The van der Waals surface area contributed by atoms with Crippen LogP contribution in [0, 0.1) is 0 Å². The van der Waals surface area contributed by atoms with E-state index in [4.69, 9.17) is 25.6 Å². The molecule has 0 bridgehead atoms. The Balaban J connectivity index is 4.66. The van der Waals surface area contributed by atoms with Crippen LogP contribution in [0.4, 0.5) is 0 Å². The molecular weight excluding hydrogens is 277 g/mol. The number of amides is 1. The third-order valence-corrected chi connectivity index (χ3v) is 4.01. The minimum Gasteiger partial charge on any atom is -0.460 e. The van der Waals surface area contributed by atoms with Gasteiger partial charge in [-0.3, -0.25) is 9.88 Å². The van der Waals surface area contributed by atoms with E-state index in [0.29, 0.717) is 0 Å². The van der Waals surface area contributed by atoms with Crippen LogP contribution in [0.3, 0.4) is 0 Å². The van der Waals surface area contributed by atoms with Crippen molar-refractivity contribution in [2.45, 2.75) is 33.8 Å². The molecule has 104 valence electrons. The van der Waals surface area contributed by atoms with Gasteiger partial charge in [-0.15, -0.1) is 0 Å². The average molecular weight is 295 g/mol. The smallest absolute Gasteiger partial charge is 0.341 e. The van der Waals surface area contributed by atoms with Gasteiger partial charge in [-0.1, -0.05) is 0 Å². The van der Waals surface area contributed by atoms with E-state index >= 15 is 0 Å². The summed E-state index contributed by atoms with van der Waals surface area (Å²) in [6.07, 6.45) is 0.935. The van der Waals surface area contributed by atoms with E-state index in [1.807, 2.05) is 0 Å². The molecule has 0 aromatic heterocycles. The molecule has 0 saturated carbocycles. The highest BCUT2D eigenvalue weighted by atomic mass is 32.5. The Bertz CT molecular complexity index is 394. The van der Waals surface area contributed by atoms with Gasteiger partial charge in [-0.25, -0.2) is 4.79 Å². The number of allylic oxidation sites excluding steroid dienone is 1. The number of ether oxygens (including phenoxy) is 1. The molecule has 0 aromatic carbocycles. The second kappa shape index (κ2) is 7.51. The summed E-state index contributed by atoms with van der Waals surface area (Å²) < 4.78 is 15.1. The Kier molecular flexibility index (Phi) is 7.13. The van der Waals surface area contributed by atoms with Gasteiger partial charge in [0.15, 0.2) is 0 Å². The van der Waals surface area contributed by atoms with Crippen LogP contribution < -0.4 is 5.09 Å². The summed E-state index contributed by atoms with van der Waals surface area (Å²) in [7, 11) is 1.33. The van der Waals surface area contributed by atoms with E-state index in [9.17, 15) is 9.59 Å². The summed E-state index contributed by atoms with van der Waals surface area (Å²) in [5, 5.41) is 2.40. The molecule has 0 rings (SSSR count). The summed E-state index contributed by atoms with van der Waals surface area (Å²) >= 11 is 5.04. The molecule has 6 nitrogen and oxygen atoms in total. The summed E-state index contributed by atoms with van der Waals surface area (Å²) in [4.78, 5) is 22.3. The van der Waals surface area contributed by atoms with Gasteiger partial charge in [0.2, 0.25) is 5.91 Å². The lowest BCUT2D eigenvalue weighted by atomic mass is 10.4. The standard InChI is InChI=1S/C10H18NO5PS/c1-7(2)15-10(13)6-8(3)16-17(18,14-5)11-9(4)12/h6-7H,1-5H3,(H,11,12,18)/b8-6+. The van der Waals surface area contributed by atoms with Crippen molar-refractivity contribution in [1.82, 2.24) is 5.09 Å². The van der Waals surface area contributed by atoms with E-state index < -0.39 is 12.6 Å². The summed E-state index contributed by atoms with van der Waals surface area (Å²) in [5.74, 6) is -0.680. The molecule has 1 N–H and O–H groups in total. The van der Waals surface area contributed by atoms with Gasteiger partial charge in [0.1, 0.15) is 5.76 Å². The first-order valence-corrected chi connectivity index (χ1v) is 7.85. The lowest BCUT2D eigenvalue weighted by Crippen LogP contribution is -2.18. The van der Waals surface area contributed by atoms with Gasteiger partial charge in [0, 0.05) is 14.0 Å². The molecule has 0 aromatic rings. The summed E-state index contributed by atoms with van der Waals surface area (Å²) in [6.45, 7) is 3.36. The molecule has 0 aliphatic heterocycles. The minimum atomic E-state index is -2.95. The van der Waals surface area contributed by atoms with Gasteiger partial charge in [-0.2, -0.15) is 0 Å². The van der Waals surface area contributed by atoms with Crippen molar-refractivity contribution in [3.8, 4) is 0 Å². The second-order valence-corrected chi connectivity index (χ2v) is 6.89. The fraction of sp³-hybridized carbons (Fsp3) is 0.600. The average Bonchev–Trinajstić information content (AvgIpc) is 2.13. The van der Waals surface area contributed by atoms with Crippen LogP contribution in [0.1, 0.15) is 27.7 Å². The van der Waals surface area contributed by atoms with Gasteiger partial charge < -0.3 is 13.8 Å². The Labute approximate surface area is 112 Å². The lowest BCUT2D eigenvalue weighted by molar-refractivity contribution is -0.141. The van der Waals surface area contributed by atoms with E-state index in [2.05, 4.69) is 5.09 Å². The van der Waals surface area contributed by atoms with Crippen molar-refractivity contribution in [3.05, 3.63) is 11.8 Å². The topological polar surface area (TPSA) is 73.9 Å². The third kappa shape index (κ3) is 7.42. The molecule has 0 aliphatic rings. The lowest BCUT2D eigenvalue weighted by Gasteiger charge is -2.21. The number of hydrogen-bond donors (Lipinski definition) is 1. The van der Waals surface area contributed by atoms with Gasteiger partial charge in [0.05, 0.1) is 12.2 Å². The molecule has 0 aliphatic carbocycles. The Morgan fingerprint density at radius 1 is 1.33 bits per heavy atom. The second-order valence-electron chi connectivity index (χ2n) is 3.68. The highest BCUT2D eigenvalue weighted by molar-refractivity contribution is 8.09. The number of rotatable bonds is 6. The van der Waals surface area contributed by atoms with E-state index in [1.54, 1.807) is 13.8 Å². The number of nitrogens with one attached hydrogen (secondary N) is 1. The van der Waals surface area contributed by atoms with E-state index in [0.717, 1.165) is 6.08 Å². The molecular formula is C10H18NO5PS. The van der Waals surface area contributed by atoms with Crippen LogP contribution in [0.25, 0.3) is 0 Å². The maximum Gasteiger partial charge on any atom is 0.341 e. The quantitative estimate of drug-likeness (QED) is 0.349. The zero-order chi connectivity index (χ0) is 14.3. The summed E-state index contributed by atoms with van der Waals surface area (Å²) in [6, 6.07) is 0. The van der Waals surface area contributed by atoms with Crippen molar-refractivity contribution in [2.24, 2.45) is 0 Å². The molecule has 1 amide bonds. The third-order valence-electron chi connectivity index (χ3n) is 1.47. The highest BCUT2D eigenvalue weighted by Gasteiger charge is 2.20. The van der Waals surface area contributed by atoms with Crippen LogP contribution in [-0.2, 0) is 35.2 Å². The van der Waals surface area contributed by atoms with E-state index in [-0.39, 0.29) is 17.8 Å². The molecule has 0 saturated heterocycles. The molecule has 0 heterocycles. The SMILES string of the molecule is COP(=S)(NC(C)=O)O/C(C)=C/C(=O)OC(C)C.